The molecule has 0 saturated carbocycles. The first kappa shape index (κ1) is 11.1. The fourth-order valence-electron chi connectivity index (χ4n) is 2.26. The summed E-state index contributed by atoms with van der Waals surface area (Å²) in [5.41, 5.74) is 0.991. The number of nitrogens with one attached hydrogen (secondary N) is 1. The Morgan fingerprint density at radius 1 is 1.44 bits per heavy atom. The highest BCUT2D eigenvalue weighted by molar-refractivity contribution is 5.96. The highest BCUT2D eigenvalue weighted by Crippen LogP contribution is 2.20. The van der Waals surface area contributed by atoms with Crippen molar-refractivity contribution in [1.29, 1.82) is 5.41 Å². The largest absolute Gasteiger partial charge is 0.383 e. The topological polar surface area (TPSA) is 36.3 Å². The summed E-state index contributed by atoms with van der Waals surface area (Å²) in [5.74, 6) is 0.625. The van der Waals surface area contributed by atoms with Gasteiger partial charge >= 0.3 is 0 Å². The van der Waals surface area contributed by atoms with Crippen molar-refractivity contribution in [2.24, 2.45) is 0 Å². The summed E-state index contributed by atoms with van der Waals surface area (Å²) in [6.45, 7) is 1.69. The van der Waals surface area contributed by atoms with Crippen molar-refractivity contribution in [2.75, 3.05) is 20.3 Å². The number of rotatable bonds is 3. The molecule has 1 heterocycles. The van der Waals surface area contributed by atoms with Crippen molar-refractivity contribution >= 4 is 5.84 Å². The monoisotopic (exact) mass is 218 g/mol. The molecule has 0 aromatic heterocycles. The normalized spacial score (nSPS) is 20.1. The lowest BCUT2D eigenvalue weighted by atomic mass is 10.1. The quantitative estimate of drug-likeness (QED) is 0.623. The molecule has 1 aliphatic heterocycles. The Bertz CT molecular complexity index is 350. The molecule has 1 aromatic carbocycles. The van der Waals surface area contributed by atoms with Gasteiger partial charge in [-0.3, -0.25) is 5.41 Å². The first-order chi connectivity index (χ1) is 7.83. The van der Waals surface area contributed by atoms with Gasteiger partial charge < -0.3 is 9.64 Å². The first-order valence-electron chi connectivity index (χ1n) is 5.72. The number of benzene rings is 1. The van der Waals surface area contributed by atoms with E-state index in [9.17, 15) is 0 Å². The van der Waals surface area contributed by atoms with Crippen LogP contribution in [-0.4, -0.2) is 37.0 Å². The Morgan fingerprint density at radius 2 is 2.19 bits per heavy atom. The van der Waals surface area contributed by atoms with Crippen molar-refractivity contribution in [2.45, 2.75) is 18.9 Å². The molecular weight excluding hydrogens is 200 g/mol. The smallest absolute Gasteiger partial charge is 0.128 e. The van der Waals surface area contributed by atoms with Gasteiger partial charge in [0.05, 0.1) is 12.6 Å². The van der Waals surface area contributed by atoms with Crippen LogP contribution in [-0.2, 0) is 4.74 Å². The SMILES string of the molecule is COC[C@H]1CCCN1C(=N)c1ccccc1. The predicted molar refractivity (Wildman–Crippen MR) is 64.9 cm³/mol. The zero-order valence-corrected chi connectivity index (χ0v) is 9.65. The molecule has 1 N–H and O–H groups in total. The van der Waals surface area contributed by atoms with Gasteiger partial charge in [0.1, 0.15) is 5.84 Å². The van der Waals surface area contributed by atoms with E-state index in [1.54, 1.807) is 7.11 Å². The lowest BCUT2D eigenvalue weighted by Gasteiger charge is -2.26. The number of methoxy groups -OCH3 is 1. The summed E-state index contributed by atoms with van der Waals surface area (Å²) < 4.78 is 5.20. The molecule has 0 aliphatic carbocycles. The van der Waals surface area contributed by atoms with Crippen LogP contribution in [0.4, 0.5) is 0 Å². The van der Waals surface area contributed by atoms with Gasteiger partial charge in [-0.05, 0) is 12.8 Å². The summed E-state index contributed by atoms with van der Waals surface area (Å²) >= 11 is 0. The fraction of sp³-hybridized carbons (Fsp3) is 0.462. The number of hydrogen-bond acceptors (Lipinski definition) is 2. The molecule has 16 heavy (non-hydrogen) atoms. The molecule has 0 unspecified atom stereocenters. The minimum absolute atomic E-state index is 0.373. The average Bonchev–Trinajstić information content (AvgIpc) is 2.78. The molecule has 1 atom stereocenters. The van der Waals surface area contributed by atoms with Crippen molar-refractivity contribution in [3.63, 3.8) is 0 Å². The Balaban J connectivity index is 2.09. The fourth-order valence-corrected chi connectivity index (χ4v) is 2.26. The second-order valence-electron chi connectivity index (χ2n) is 4.16. The van der Waals surface area contributed by atoms with E-state index < -0.39 is 0 Å². The van der Waals surface area contributed by atoms with Crippen LogP contribution in [0, 0.1) is 5.41 Å². The second-order valence-corrected chi connectivity index (χ2v) is 4.16. The minimum atomic E-state index is 0.373. The zero-order valence-electron chi connectivity index (χ0n) is 9.65. The van der Waals surface area contributed by atoms with Gasteiger partial charge in [0.15, 0.2) is 0 Å². The third kappa shape index (κ3) is 2.25. The van der Waals surface area contributed by atoms with Crippen LogP contribution in [0.2, 0.25) is 0 Å². The van der Waals surface area contributed by atoms with E-state index in [4.69, 9.17) is 10.1 Å². The van der Waals surface area contributed by atoms with Crippen molar-refractivity contribution in [3.8, 4) is 0 Å². The maximum atomic E-state index is 8.21. The van der Waals surface area contributed by atoms with Crippen LogP contribution in [0.25, 0.3) is 0 Å². The molecule has 1 fully saturated rings. The van der Waals surface area contributed by atoms with E-state index in [-0.39, 0.29) is 0 Å². The van der Waals surface area contributed by atoms with E-state index in [2.05, 4.69) is 4.90 Å². The van der Waals surface area contributed by atoms with Gasteiger partial charge in [0, 0.05) is 19.2 Å². The molecule has 0 radical (unpaired) electrons. The zero-order chi connectivity index (χ0) is 11.4. The molecule has 0 bridgehead atoms. The van der Waals surface area contributed by atoms with Crippen LogP contribution in [0.5, 0.6) is 0 Å². The van der Waals surface area contributed by atoms with Crippen LogP contribution in [0.3, 0.4) is 0 Å². The highest BCUT2D eigenvalue weighted by atomic mass is 16.5. The molecule has 1 aliphatic rings. The summed E-state index contributed by atoms with van der Waals surface area (Å²) in [4.78, 5) is 2.15. The Hall–Kier alpha value is -1.35. The summed E-state index contributed by atoms with van der Waals surface area (Å²) in [6, 6.07) is 10.3. The molecular formula is C13H18N2O. The number of ether oxygens (including phenoxy) is 1. The van der Waals surface area contributed by atoms with Crippen molar-refractivity contribution in [3.05, 3.63) is 35.9 Å². The Morgan fingerprint density at radius 3 is 2.88 bits per heavy atom. The minimum Gasteiger partial charge on any atom is -0.383 e. The summed E-state index contributed by atoms with van der Waals surface area (Å²) in [7, 11) is 1.72. The van der Waals surface area contributed by atoms with Crippen LogP contribution >= 0.6 is 0 Å². The maximum Gasteiger partial charge on any atom is 0.128 e. The molecule has 1 aromatic rings. The summed E-state index contributed by atoms with van der Waals surface area (Å²) in [6.07, 6.45) is 2.28. The second kappa shape index (κ2) is 5.12. The molecule has 1 saturated heterocycles. The number of nitrogens with zero attached hydrogens (tertiary/aromatic N) is 1. The van der Waals surface area contributed by atoms with E-state index in [0.29, 0.717) is 11.9 Å². The van der Waals surface area contributed by atoms with Gasteiger partial charge in [-0.25, -0.2) is 0 Å². The third-order valence-corrected chi connectivity index (χ3v) is 3.07. The van der Waals surface area contributed by atoms with E-state index in [1.807, 2.05) is 30.3 Å². The molecule has 2 rings (SSSR count). The van der Waals surface area contributed by atoms with Gasteiger partial charge in [0.25, 0.3) is 0 Å². The first-order valence-corrected chi connectivity index (χ1v) is 5.72. The molecule has 86 valence electrons. The van der Waals surface area contributed by atoms with Crippen molar-refractivity contribution in [1.82, 2.24) is 4.90 Å². The van der Waals surface area contributed by atoms with Crippen LogP contribution < -0.4 is 0 Å². The molecule has 3 nitrogen and oxygen atoms in total. The third-order valence-electron chi connectivity index (χ3n) is 3.07. The van der Waals surface area contributed by atoms with Gasteiger partial charge in [-0.1, -0.05) is 30.3 Å². The van der Waals surface area contributed by atoms with Crippen molar-refractivity contribution < 1.29 is 4.74 Å². The van der Waals surface area contributed by atoms with E-state index in [0.717, 1.165) is 31.6 Å². The van der Waals surface area contributed by atoms with Crippen LogP contribution in [0.1, 0.15) is 18.4 Å². The Labute approximate surface area is 96.5 Å². The maximum absolute atomic E-state index is 8.21. The summed E-state index contributed by atoms with van der Waals surface area (Å²) in [5, 5.41) is 8.21. The molecule has 0 spiro atoms. The lowest BCUT2D eigenvalue weighted by Crippen LogP contribution is -2.38. The van der Waals surface area contributed by atoms with E-state index in [1.165, 1.54) is 0 Å². The predicted octanol–water partition coefficient (Wildman–Crippen LogP) is 2.12. The molecule has 3 heteroatoms. The van der Waals surface area contributed by atoms with Gasteiger partial charge in [0.2, 0.25) is 0 Å². The number of likely N-dealkylation sites (tertiary alicyclic amines) is 1. The lowest BCUT2D eigenvalue weighted by molar-refractivity contribution is 0.145. The molecule has 0 amide bonds. The Kier molecular flexibility index (Phi) is 3.57. The van der Waals surface area contributed by atoms with Crippen LogP contribution in [0.15, 0.2) is 30.3 Å². The highest BCUT2D eigenvalue weighted by Gasteiger charge is 2.26. The van der Waals surface area contributed by atoms with Gasteiger partial charge in [-0.15, -0.1) is 0 Å². The standard InChI is InChI=1S/C13H18N2O/c1-16-10-12-8-5-9-15(12)13(14)11-6-3-2-4-7-11/h2-4,6-7,12,14H,5,8-10H2,1H3/t12-/m1/s1. The van der Waals surface area contributed by atoms with Gasteiger partial charge in [-0.2, -0.15) is 0 Å². The number of hydrogen-bond donors (Lipinski definition) is 1. The number of amidine groups is 1. The average molecular weight is 218 g/mol. The van der Waals surface area contributed by atoms with E-state index >= 15 is 0 Å².